The van der Waals surface area contributed by atoms with Crippen molar-refractivity contribution >= 4 is 23.5 Å². The van der Waals surface area contributed by atoms with Crippen LogP contribution < -0.4 is 10.2 Å². The van der Waals surface area contributed by atoms with Gasteiger partial charge in [0.15, 0.2) is 0 Å². The van der Waals surface area contributed by atoms with Crippen LogP contribution in [-0.4, -0.2) is 38.8 Å². The molecule has 0 unspecified atom stereocenters. The second-order valence-electron chi connectivity index (χ2n) is 7.34. The Balaban J connectivity index is 1.86. The number of hydrogen-bond acceptors (Lipinski definition) is 6. The summed E-state index contributed by atoms with van der Waals surface area (Å²) in [6.07, 6.45) is 4.97. The first-order chi connectivity index (χ1) is 13.8. The number of nitrogens with zero attached hydrogens (tertiary/aromatic N) is 5. The first-order valence-corrected chi connectivity index (χ1v) is 9.16. The van der Waals surface area contributed by atoms with Gasteiger partial charge in [-0.1, -0.05) is 12.1 Å². The molecular formula is C21H20N6O2. The minimum atomic E-state index is -0.746. The fourth-order valence-corrected chi connectivity index (χ4v) is 3.38. The largest absolute Gasteiger partial charge is 0.354 e. The predicted molar refractivity (Wildman–Crippen MR) is 108 cm³/mol. The number of fused-ring (bicyclic) bond motifs is 1. The van der Waals surface area contributed by atoms with Crippen molar-refractivity contribution in [1.82, 2.24) is 25.3 Å². The molecule has 1 aliphatic rings. The smallest absolute Gasteiger partial charge is 0.269 e. The lowest BCUT2D eigenvalue weighted by atomic mass is 9.85. The topological polar surface area (TPSA) is 101 Å². The normalized spacial score (nSPS) is 14.6. The van der Waals surface area contributed by atoms with Crippen LogP contribution in [0.25, 0.3) is 11.1 Å². The van der Waals surface area contributed by atoms with Crippen LogP contribution in [-0.2, 0) is 10.2 Å². The SMILES string of the molecule is CNC(=O)c1ccnc(N2C(=O)C(C)(C)c3ccc(-c4cnc(C)nc4)cc32)n1. The summed E-state index contributed by atoms with van der Waals surface area (Å²) in [5, 5.41) is 2.53. The van der Waals surface area contributed by atoms with Gasteiger partial charge in [0.2, 0.25) is 11.9 Å². The molecule has 146 valence electrons. The van der Waals surface area contributed by atoms with Gasteiger partial charge in [-0.2, -0.15) is 0 Å². The Bertz CT molecular complexity index is 1120. The molecule has 0 saturated heterocycles. The maximum atomic E-state index is 13.2. The van der Waals surface area contributed by atoms with Crippen LogP contribution in [0.3, 0.4) is 0 Å². The number of anilines is 2. The van der Waals surface area contributed by atoms with Crippen LogP contribution >= 0.6 is 0 Å². The fraction of sp³-hybridized carbons (Fsp3) is 0.238. The third-order valence-corrected chi connectivity index (χ3v) is 5.07. The Morgan fingerprint density at radius 2 is 1.79 bits per heavy atom. The number of carbonyl (C=O) groups is 2. The number of aryl methyl sites for hydroxylation is 1. The number of rotatable bonds is 3. The van der Waals surface area contributed by atoms with Crippen molar-refractivity contribution in [3.05, 3.63) is 59.9 Å². The van der Waals surface area contributed by atoms with Crippen molar-refractivity contribution in [2.45, 2.75) is 26.2 Å². The summed E-state index contributed by atoms with van der Waals surface area (Å²) in [5.41, 5.74) is 2.72. The second-order valence-corrected chi connectivity index (χ2v) is 7.34. The summed E-state index contributed by atoms with van der Waals surface area (Å²) in [5.74, 6) is 0.358. The van der Waals surface area contributed by atoms with Crippen molar-refractivity contribution in [3.63, 3.8) is 0 Å². The molecule has 1 N–H and O–H groups in total. The zero-order valence-electron chi connectivity index (χ0n) is 16.6. The van der Waals surface area contributed by atoms with E-state index in [-0.39, 0.29) is 23.5 Å². The number of nitrogens with one attached hydrogen (secondary N) is 1. The van der Waals surface area contributed by atoms with Crippen LogP contribution in [0.2, 0.25) is 0 Å². The molecule has 0 atom stereocenters. The summed E-state index contributed by atoms with van der Waals surface area (Å²) in [6, 6.07) is 7.30. The average molecular weight is 388 g/mol. The van der Waals surface area contributed by atoms with Gasteiger partial charge >= 0.3 is 0 Å². The molecule has 0 radical (unpaired) electrons. The van der Waals surface area contributed by atoms with Crippen LogP contribution in [0.15, 0.2) is 42.9 Å². The molecule has 0 saturated carbocycles. The van der Waals surface area contributed by atoms with E-state index in [2.05, 4.69) is 25.3 Å². The third-order valence-electron chi connectivity index (χ3n) is 5.07. The van der Waals surface area contributed by atoms with E-state index in [1.54, 1.807) is 12.4 Å². The summed E-state index contributed by atoms with van der Waals surface area (Å²) in [4.78, 5) is 43.8. The number of aromatic nitrogens is 4. The number of hydrogen-bond donors (Lipinski definition) is 1. The molecule has 3 heterocycles. The molecule has 0 bridgehead atoms. The monoisotopic (exact) mass is 388 g/mol. The average Bonchev–Trinajstić information content (AvgIpc) is 2.93. The van der Waals surface area contributed by atoms with E-state index < -0.39 is 5.41 Å². The highest BCUT2D eigenvalue weighted by Gasteiger charge is 2.45. The lowest BCUT2D eigenvalue weighted by molar-refractivity contribution is -0.121. The standard InChI is InChI=1S/C21H20N6O2/c1-12-24-10-14(11-25-12)13-5-6-15-17(9-13)27(19(29)21(15,2)3)20-23-8-7-16(26-20)18(28)22-4/h5-11H,1-4H3,(H,22,28). The van der Waals surface area contributed by atoms with Crippen LogP contribution in [0.5, 0.6) is 0 Å². The van der Waals surface area contributed by atoms with E-state index in [0.717, 1.165) is 16.7 Å². The molecule has 8 heteroatoms. The lowest BCUT2D eigenvalue weighted by Gasteiger charge is -2.19. The quantitative estimate of drug-likeness (QED) is 0.740. The van der Waals surface area contributed by atoms with E-state index in [1.165, 1.54) is 24.2 Å². The molecule has 4 rings (SSSR count). The number of carbonyl (C=O) groups excluding carboxylic acids is 2. The number of benzene rings is 1. The fourth-order valence-electron chi connectivity index (χ4n) is 3.38. The van der Waals surface area contributed by atoms with Crippen molar-refractivity contribution in [2.75, 3.05) is 11.9 Å². The van der Waals surface area contributed by atoms with Crippen molar-refractivity contribution in [2.24, 2.45) is 0 Å². The van der Waals surface area contributed by atoms with Gasteiger partial charge in [0, 0.05) is 31.2 Å². The molecule has 1 aromatic carbocycles. The van der Waals surface area contributed by atoms with Crippen LogP contribution in [0.4, 0.5) is 11.6 Å². The first kappa shape index (κ1) is 18.7. The van der Waals surface area contributed by atoms with E-state index in [9.17, 15) is 9.59 Å². The maximum Gasteiger partial charge on any atom is 0.269 e. The van der Waals surface area contributed by atoms with Gasteiger partial charge in [0.1, 0.15) is 11.5 Å². The molecular weight excluding hydrogens is 368 g/mol. The maximum absolute atomic E-state index is 13.2. The molecule has 29 heavy (non-hydrogen) atoms. The van der Waals surface area contributed by atoms with Crippen molar-refractivity contribution in [3.8, 4) is 11.1 Å². The summed E-state index contributed by atoms with van der Waals surface area (Å²) in [6.45, 7) is 5.56. The zero-order chi connectivity index (χ0) is 20.8. The van der Waals surface area contributed by atoms with Gasteiger partial charge in [0.05, 0.1) is 11.1 Å². The third kappa shape index (κ3) is 3.02. The van der Waals surface area contributed by atoms with Crippen molar-refractivity contribution in [1.29, 1.82) is 0 Å². The molecule has 1 aliphatic heterocycles. The predicted octanol–water partition coefficient (Wildman–Crippen LogP) is 2.56. The van der Waals surface area contributed by atoms with Gasteiger partial charge < -0.3 is 5.32 Å². The zero-order valence-corrected chi connectivity index (χ0v) is 16.6. The minimum Gasteiger partial charge on any atom is -0.354 e. The van der Waals surface area contributed by atoms with Gasteiger partial charge in [-0.3, -0.25) is 9.59 Å². The van der Waals surface area contributed by atoms with E-state index in [1.807, 2.05) is 39.0 Å². The minimum absolute atomic E-state index is 0.154. The van der Waals surface area contributed by atoms with Gasteiger partial charge in [-0.05, 0) is 44.0 Å². The van der Waals surface area contributed by atoms with Crippen LogP contribution in [0.1, 0.15) is 35.7 Å². The Kier molecular flexibility index (Phi) is 4.34. The van der Waals surface area contributed by atoms with Gasteiger partial charge in [0.25, 0.3) is 5.91 Å². The van der Waals surface area contributed by atoms with E-state index >= 15 is 0 Å². The van der Waals surface area contributed by atoms with Gasteiger partial charge in [-0.15, -0.1) is 0 Å². The van der Waals surface area contributed by atoms with Gasteiger partial charge in [-0.25, -0.2) is 24.8 Å². The highest BCUT2D eigenvalue weighted by Crippen LogP contribution is 2.45. The van der Waals surface area contributed by atoms with Crippen LogP contribution in [0, 0.1) is 6.92 Å². The Morgan fingerprint density at radius 1 is 1.07 bits per heavy atom. The van der Waals surface area contributed by atoms with E-state index in [4.69, 9.17) is 0 Å². The van der Waals surface area contributed by atoms with E-state index in [0.29, 0.717) is 11.5 Å². The summed E-state index contributed by atoms with van der Waals surface area (Å²) in [7, 11) is 1.53. The lowest BCUT2D eigenvalue weighted by Crippen LogP contribution is -2.34. The first-order valence-electron chi connectivity index (χ1n) is 9.16. The Hall–Kier alpha value is -3.68. The number of amides is 2. The van der Waals surface area contributed by atoms with Crippen molar-refractivity contribution < 1.29 is 9.59 Å². The highest BCUT2D eigenvalue weighted by molar-refractivity contribution is 6.12. The molecule has 0 spiro atoms. The Labute approximate surface area is 168 Å². The Morgan fingerprint density at radius 3 is 2.48 bits per heavy atom. The molecule has 2 aromatic heterocycles. The molecule has 8 nitrogen and oxygen atoms in total. The summed E-state index contributed by atoms with van der Waals surface area (Å²) < 4.78 is 0. The molecule has 0 fully saturated rings. The molecule has 0 aliphatic carbocycles. The second kappa shape index (κ2) is 6.73. The molecule has 3 aromatic rings. The highest BCUT2D eigenvalue weighted by atomic mass is 16.2. The summed E-state index contributed by atoms with van der Waals surface area (Å²) >= 11 is 0. The molecule has 2 amide bonds.